The monoisotopic (exact) mass is 301 g/mol. The molecule has 1 unspecified atom stereocenters. The van der Waals surface area contributed by atoms with Crippen molar-refractivity contribution in [3.8, 4) is 17.2 Å². The number of nitrogens with two attached hydrogens (primary N) is 1. The molecule has 0 spiro atoms. The smallest absolute Gasteiger partial charge is 0.342 e. The van der Waals surface area contributed by atoms with E-state index in [0.29, 0.717) is 17.2 Å². The van der Waals surface area contributed by atoms with E-state index in [4.69, 9.17) is 19.9 Å². The summed E-state index contributed by atoms with van der Waals surface area (Å²) in [5.41, 5.74) is 6.10. The molecule has 0 fully saturated rings. The molecule has 2 atom stereocenters. The molecule has 0 saturated heterocycles. The largest absolute Gasteiger partial charge is 0.496 e. The van der Waals surface area contributed by atoms with Gasteiger partial charge >= 0.3 is 5.97 Å². The van der Waals surface area contributed by atoms with E-state index >= 15 is 0 Å². The van der Waals surface area contributed by atoms with Crippen molar-refractivity contribution in [3.05, 3.63) is 17.7 Å². The highest BCUT2D eigenvalue weighted by Gasteiger charge is 2.31. The number of methoxy groups -OCH3 is 3. The summed E-state index contributed by atoms with van der Waals surface area (Å²) in [6, 6.07) is 1.76. The third kappa shape index (κ3) is 3.75. The summed E-state index contributed by atoms with van der Waals surface area (Å²) in [5, 5.41) is 0. The lowest BCUT2D eigenvalue weighted by molar-refractivity contribution is -0.149. The highest BCUT2D eigenvalue weighted by Crippen LogP contribution is 2.38. The molecule has 1 rings (SSSR count). The summed E-state index contributed by atoms with van der Waals surface area (Å²) in [7, 11) is 4.32. The highest BCUT2D eigenvalue weighted by molar-refractivity contribution is 5.76. The van der Waals surface area contributed by atoms with Crippen LogP contribution < -0.4 is 19.9 Å². The number of rotatable bonds is 7. The molecule has 1 aromatic carbocycles. The van der Waals surface area contributed by atoms with Crippen LogP contribution in [0.5, 0.6) is 17.2 Å². The quantitative estimate of drug-likeness (QED) is 0.771. The molecule has 0 amide bonds. The second-order valence-electron chi connectivity index (χ2n) is 4.13. The van der Waals surface area contributed by atoms with E-state index in [2.05, 4.69) is 4.74 Å². The number of ether oxygens (including phenoxy) is 4. The molecule has 0 heterocycles. The summed E-state index contributed by atoms with van der Waals surface area (Å²) in [4.78, 5) is 11.5. The Morgan fingerprint density at radius 1 is 1.14 bits per heavy atom. The van der Waals surface area contributed by atoms with Crippen molar-refractivity contribution < 1.29 is 28.1 Å². The number of benzene rings is 1. The zero-order valence-electron chi connectivity index (χ0n) is 12.5. The van der Waals surface area contributed by atoms with Gasteiger partial charge in [0.2, 0.25) is 6.17 Å². The Hall–Kier alpha value is -2.02. The fraction of sp³-hybridized carbons (Fsp3) is 0.500. The van der Waals surface area contributed by atoms with Crippen LogP contribution in [0.3, 0.4) is 0 Å². The average Bonchev–Trinajstić information content (AvgIpc) is 2.52. The van der Waals surface area contributed by atoms with Gasteiger partial charge in [-0.15, -0.1) is 0 Å². The van der Waals surface area contributed by atoms with Gasteiger partial charge in [-0.05, 0) is 13.0 Å². The van der Waals surface area contributed by atoms with Gasteiger partial charge in [-0.1, -0.05) is 0 Å². The summed E-state index contributed by atoms with van der Waals surface area (Å²) in [5.74, 6) is 0.0607. The molecule has 0 aliphatic carbocycles. The van der Waals surface area contributed by atoms with Crippen LogP contribution in [-0.4, -0.2) is 40.1 Å². The Labute approximate surface area is 122 Å². The van der Waals surface area contributed by atoms with Gasteiger partial charge in [0.25, 0.3) is 0 Å². The van der Waals surface area contributed by atoms with E-state index in [1.807, 2.05) is 0 Å². The predicted octanol–water partition coefficient (Wildman–Crippen LogP) is 1.61. The number of halogens is 1. The van der Waals surface area contributed by atoms with Crippen molar-refractivity contribution in [2.75, 3.05) is 27.9 Å². The molecule has 1 aromatic rings. The third-order valence-corrected chi connectivity index (χ3v) is 2.92. The molecule has 118 valence electrons. The van der Waals surface area contributed by atoms with Crippen LogP contribution in [0.4, 0.5) is 4.39 Å². The second kappa shape index (κ2) is 7.68. The fourth-order valence-corrected chi connectivity index (χ4v) is 1.84. The Morgan fingerprint density at radius 3 is 2.14 bits per heavy atom. The SMILES string of the molecule is CCOC(=O)C(F)[C@@H](N)c1cc(OC)c(OC)cc1OC. The van der Waals surface area contributed by atoms with Crippen LogP contribution in [0.15, 0.2) is 12.1 Å². The molecule has 0 aromatic heterocycles. The number of esters is 1. The molecule has 0 aliphatic heterocycles. The van der Waals surface area contributed by atoms with Crippen molar-refractivity contribution in [1.29, 1.82) is 0 Å². The Kier molecular flexibility index (Phi) is 6.23. The van der Waals surface area contributed by atoms with Crippen LogP contribution in [0.1, 0.15) is 18.5 Å². The highest BCUT2D eigenvalue weighted by atomic mass is 19.1. The number of hydrogen-bond acceptors (Lipinski definition) is 6. The normalized spacial score (nSPS) is 13.2. The van der Waals surface area contributed by atoms with E-state index < -0.39 is 18.2 Å². The molecule has 2 N–H and O–H groups in total. The van der Waals surface area contributed by atoms with Gasteiger partial charge in [0.05, 0.1) is 34.0 Å². The molecule has 21 heavy (non-hydrogen) atoms. The molecule has 0 saturated carbocycles. The van der Waals surface area contributed by atoms with Gasteiger partial charge in [0.15, 0.2) is 11.5 Å². The summed E-state index contributed by atoms with van der Waals surface area (Å²) >= 11 is 0. The van der Waals surface area contributed by atoms with Gasteiger partial charge in [0.1, 0.15) is 5.75 Å². The first-order valence-electron chi connectivity index (χ1n) is 6.36. The zero-order valence-corrected chi connectivity index (χ0v) is 12.5. The molecule has 0 radical (unpaired) electrons. The molecular weight excluding hydrogens is 281 g/mol. The van der Waals surface area contributed by atoms with Gasteiger partial charge in [0, 0.05) is 11.6 Å². The van der Waals surface area contributed by atoms with Crippen LogP contribution in [0.25, 0.3) is 0 Å². The van der Waals surface area contributed by atoms with Gasteiger partial charge in [-0.2, -0.15) is 0 Å². The minimum Gasteiger partial charge on any atom is -0.496 e. The minimum atomic E-state index is -2.00. The average molecular weight is 301 g/mol. The molecule has 0 aliphatic rings. The van der Waals surface area contributed by atoms with E-state index in [1.165, 1.54) is 33.5 Å². The van der Waals surface area contributed by atoms with Crippen molar-refractivity contribution in [3.63, 3.8) is 0 Å². The van der Waals surface area contributed by atoms with Gasteiger partial charge < -0.3 is 24.7 Å². The fourth-order valence-electron chi connectivity index (χ4n) is 1.84. The van der Waals surface area contributed by atoms with E-state index in [-0.39, 0.29) is 12.2 Å². The Balaban J connectivity index is 3.18. The predicted molar refractivity (Wildman–Crippen MR) is 74.6 cm³/mol. The molecule has 0 bridgehead atoms. The maximum atomic E-state index is 14.1. The van der Waals surface area contributed by atoms with Gasteiger partial charge in [-0.25, -0.2) is 9.18 Å². The van der Waals surface area contributed by atoms with Crippen LogP contribution >= 0.6 is 0 Å². The summed E-state index contributed by atoms with van der Waals surface area (Å²) in [6.07, 6.45) is -2.00. The minimum absolute atomic E-state index is 0.0784. The topological polar surface area (TPSA) is 80.0 Å². The maximum absolute atomic E-state index is 14.1. The first-order chi connectivity index (χ1) is 9.99. The van der Waals surface area contributed by atoms with Crippen molar-refractivity contribution in [2.45, 2.75) is 19.1 Å². The van der Waals surface area contributed by atoms with Crippen molar-refractivity contribution in [1.82, 2.24) is 0 Å². The number of alkyl halides is 1. The first-order valence-corrected chi connectivity index (χ1v) is 6.36. The Morgan fingerprint density at radius 2 is 1.67 bits per heavy atom. The van der Waals surface area contributed by atoms with Crippen molar-refractivity contribution in [2.24, 2.45) is 5.73 Å². The first kappa shape index (κ1) is 17.0. The standard InChI is InChI=1S/C14H20FNO5/c1-5-21-14(17)12(15)13(16)8-6-10(19-3)11(20-4)7-9(8)18-2/h6-7,12-13H,5,16H2,1-4H3/t12?,13-/m0/s1. The Bertz CT molecular complexity index is 494. The molecular formula is C14H20FNO5. The lowest BCUT2D eigenvalue weighted by Gasteiger charge is -2.20. The van der Waals surface area contributed by atoms with E-state index in [0.717, 1.165) is 0 Å². The van der Waals surface area contributed by atoms with Crippen LogP contribution in [0, 0.1) is 0 Å². The second-order valence-corrected chi connectivity index (χ2v) is 4.13. The third-order valence-electron chi connectivity index (χ3n) is 2.92. The summed E-state index contributed by atoms with van der Waals surface area (Å²) < 4.78 is 34.1. The number of carbonyl (C=O) groups is 1. The van der Waals surface area contributed by atoms with Crippen molar-refractivity contribution >= 4 is 5.97 Å². The van der Waals surface area contributed by atoms with E-state index in [9.17, 15) is 9.18 Å². The number of hydrogen-bond donors (Lipinski definition) is 1. The maximum Gasteiger partial charge on any atom is 0.342 e. The van der Waals surface area contributed by atoms with Crippen LogP contribution in [0.2, 0.25) is 0 Å². The zero-order chi connectivity index (χ0) is 16.0. The lowest BCUT2D eigenvalue weighted by atomic mass is 10.0. The lowest BCUT2D eigenvalue weighted by Crippen LogP contribution is -2.31. The summed E-state index contributed by atoms with van der Waals surface area (Å²) in [6.45, 7) is 1.67. The number of carbonyl (C=O) groups excluding carboxylic acids is 1. The van der Waals surface area contributed by atoms with Crippen LogP contribution in [-0.2, 0) is 9.53 Å². The van der Waals surface area contributed by atoms with Gasteiger partial charge in [-0.3, -0.25) is 0 Å². The molecule has 7 heteroatoms. The molecule has 6 nitrogen and oxygen atoms in total. The van der Waals surface area contributed by atoms with E-state index in [1.54, 1.807) is 6.92 Å².